The SMILES string of the molecule is CCCCC(=O)NC(CO)CO. The lowest BCUT2D eigenvalue weighted by atomic mass is 10.2. The number of hydrogen-bond donors (Lipinski definition) is 3. The van der Waals surface area contributed by atoms with Gasteiger partial charge in [0.1, 0.15) is 0 Å². The summed E-state index contributed by atoms with van der Waals surface area (Å²) in [5.74, 6) is -0.107. The van der Waals surface area contributed by atoms with Crippen LogP contribution in [0, 0.1) is 0 Å². The van der Waals surface area contributed by atoms with Crippen molar-refractivity contribution >= 4 is 5.91 Å². The molecule has 0 unspecified atom stereocenters. The molecule has 0 aromatic carbocycles. The molecule has 3 N–H and O–H groups in total. The number of unbranched alkanes of at least 4 members (excludes halogenated alkanes) is 1. The lowest BCUT2D eigenvalue weighted by Crippen LogP contribution is -2.39. The van der Waals surface area contributed by atoms with Gasteiger partial charge in [0.2, 0.25) is 5.91 Å². The van der Waals surface area contributed by atoms with Crippen LogP contribution in [-0.4, -0.2) is 35.4 Å². The van der Waals surface area contributed by atoms with Crippen molar-refractivity contribution < 1.29 is 15.0 Å². The van der Waals surface area contributed by atoms with Gasteiger partial charge in [0.05, 0.1) is 19.3 Å². The Kier molecular flexibility index (Phi) is 6.70. The number of aliphatic hydroxyl groups is 2. The quantitative estimate of drug-likeness (QED) is 0.516. The zero-order valence-corrected chi connectivity index (χ0v) is 7.42. The molecule has 0 spiro atoms. The molecule has 0 bridgehead atoms. The fraction of sp³-hybridized carbons (Fsp3) is 0.875. The highest BCUT2D eigenvalue weighted by molar-refractivity contribution is 5.76. The summed E-state index contributed by atoms with van der Waals surface area (Å²) in [5.41, 5.74) is 0. The Labute approximate surface area is 72.6 Å². The Balaban J connectivity index is 3.52. The van der Waals surface area contributed by atoms with Crippen molar-refractivity contribution in [3.05, 3.63) is 0 Å². The Hall–Kier alpha value is -0.610. The topological polar surface area (TPSA) is 69.6 Å². The van der Waals surface area contributed by atoms with E-state index in [9.17, 15) is 4.79 Å². The molecule has 0 saturated heterocycles. The predicted molar refractivity (Wildman–Crippen MR) is 45.6 cm³/mol. The second-order valence-electron chi connectivity index (χ2n) is 2.73. The van der Waals surface area contributed by atoms with Crippen molar-refractivity contribution in [1.82, 2.24) is 5.32 Å². The second-order valence-corrected chi connectivity index (χ2v) is 2.73. The number of carbonyl (C=O) groups excluding carboxylic acids is 1. The second kappa shape index (κ2) is 7.06. The molecule has 1 amide bonds. The number of rotatable bonds is 6. The summed E-state index contributed by atoms with van der Waals surface area (Å²) in [6, 6.07) is -0.505. The molecular formula is C8H17NO3. The van der Waals surface area contributed by atoms with Gasteiger partial charge in [-0.25, -0.2) is 0 Å². The van der Waals surface area contributed by atoms with Crippen LogP contribution in [0.25, 0.3) is 0 Å². The highest BCUT2D eigenvalue weighted by Gasteiger charge is 2.08. The van der Waals surface area contributed by atoms with Gasteiger partial charge in [0.25, 0.3) is 0 Å². The van der Waals surface area contributed by atoms with E-state index >= 15 is 0 Å². The molecule has 12 heavy (non-hydrogen) atoms. The monoisotopic (exact) mass is 175 g/mol. The van der Waals surface area contributed by atoms with Crippen molar-refractivity contribution in [1.29, 1.82) is 0 Å². The van der Waals surface area contributed by atoms with E-state index in [4.69, 9.17) is 10.2 Å². The summed E-state index contributed by atoms with van der Waals surface area (Å²) >= 11 is 0. The van der Waals surface area contributed by atoms with Gasteiger partial charge >= 0.3 is 0 Å². The van der Waals surface area contributed by atoms with E-state index < -0.39 is 6.04 Å². The van der Waals surface area contributed by atoms with Crippen molar-refractivity contribution in [3.63, 3.8) is 0 Å². The molecular weight excluding hydrogens is 158 g/mol. The zero-order chi connectivity index (χ0) is 9.40. The summed E-state index contributed by atoms with van der Waals surface area (Å²) in [4.78, 5) is 11.0. The third kappa shape index (κ3) is 5.09. The van der Waals surface area contributed by atoms with E-state index in [1.807, 2.05) is 6.92 Å². The van der Waals surface area contributed by atoms with Gasteiger partial charge in [0, 0.05) is 6.42 Å². The smallest absolute Gasteiger partial charge is 0.220 e. The van der Waals surface area contributed by atoms with Crippen LogP contribution in [-0.2, 0) is 4.79 Å². The van der Waals surface area contributed by atoms with E-state index in [0.717, 1.165) is 12.8 Å². The third-order valence-electron chi connectivity index (χ3n) is 1.56. The van der Waals surface area contributed by atoms with Crippen LogP contribution >= 0.6 is 0 Å². The standard InChI is InChI=1S/C8H17NO3/c1-2-3-4-8(12)9-7(5-10)6-11/h7,10-11H,2-6H2,1H3,(H,9,12). The first-order chi connectivity index (χ1) is 5.74. The fourth-order valence-electron chi connectivity index (χ4n) is 0.786. The van der Waals surface area contributed by atoms with Gasteiger partial charge in [-0.3, -0.25) is 4.79 Å². The minimum Gasteiger partial charge on any atom is -0.394 e. The summed E-state index contributed by atoms with van der Waals surface area (Å²) in [6.07, 6.45) is 2.28. The number of amides is 1. The van der Waals surface area contributed by atoms with E-state index in [-0.39, 0.29) is 19.1 Å². The van der Waals surface area contributed by atoms with Crippen LogP contribution in [0.2, 0.25) is 0 Å². The van der Waals surface area contributed by atoms with E-state index in [2.05, 4.69) is 5.32 Å². The van der Waals surface area contributed by atoms with Crippen LogP contribution in [0.5, 0.6) is 0 Å². The molecule has 0 atom stereocenters. The predicted octanol–water partition coefficient (Wildman–Crippen LogP) is -0.354. The van der Waals surface area contributed by atoms with Crippen LogP contribution in [0.4, 0.5) is 0 Å². The maximum Gasteiger partial charge on any atom is 0.220 e. The van der Waals surface area contributed by atoms with E-state index in [1.165, 1.54) is 0 Å². The molecule has 0 aromatic rings. The van der Waals surface area contributed by atoms with Crippen molar-refractivity contribution in [3.8, 4) is 0 Å². The van der Waals surface area contributed by atoms with E-state index in [1.54, 1.807) is 0 Å². The molecule has 0 rings (SSSR count). The van der Waals surface area contributed by atoms with Gasteiger partial charge in [-0.15, -0.1) is 0 Å². The van der Waals surface area contributed by atoms with Gasteiger partial charge in [0.15, 0.2) is 0 Å². The first kappa shape index (κ1) is 11.4. The number of carbonyl (C=O) groups is 1. The Morgan fingerprint density at radius 3 is 2.42 bits per heavy atom. The molecule has 72 valence electrons. The van der Waals surface area contributed by atoms with Crippen molar-refractivity contribution in [2.75, 3.05) is 13.2 Å². The average Bonchev–Trinajstić information content (AvgIpc) is 2.10. The van der Waals surface area contributed by atoms with E-state index in [0.29, 0.717) is 6.42 Å². The zero-order valence-electron chi connectivity index (χ0n) is 7.42. The summed E-state index contributed by atoms with van der Waals surface area (Å²) in [6.45, 7) is 1.57. The first-order valence-corrected chi connectivity index (χ1v) is 4.25. The van der Waals surface area contributed by atoms with Crippen LogP contribution in [0.1, 0.15) is 26.2 Å². The Bertz CT molecular complexity index is 123. The average molecular weight is 175 g/mol. The summed E-state index contributed by atoms with van der Waals surface area (Å²) in [5, 5.41) is 19.8. The maximum atomic E-state index is 11.0. The summed E-state index contributed by atoms with van der Waals surface area (Å²) in [7, 11) is 0. The molecule has 0 aliphatic heterocycles. The Morgan fingerprint density at radius 1 is 1.42 bits per heavy atom. The number of hydrogen-bond acceptors (Lipinski definition) is 3. The molecule has 4 heteroatoms. The minimum atomic E-state index is -0.505. The van der Waals surface area contributed by atoms with Gasteiger partial charge in [-0.05, 0) is 6.42 Å². The Morgan fingerprint density at radius 2 is 2.00 bits per heavy atom. The highest BCUT2D eigenvalue weighted by Crippen LogP contribution is 1.93. The molecule has 4 nitrogen and oxygen atoms in total. The maximum absolute atomic E-state index is 11.0. The van der Waals surface area contributed by atoms with Crippen LogP contribution in [0.3, 0.4) is 0 Å². The molecule has 0 aliphatic carbocycles. The molecule has 0 saturated carbocycles. The lowest BCUT2D eigenvalue weighted by Gasteiger charge is -2.12. The van der Waals surface area contributed by atoms with Gasteiger partial charge in [-0.2, -0.15) is 0 Å². The first-order valence-electron chi connectivity index (χ1n) is 4.25. The number of aliphatic hydroxyl groups excluding tert-OH is 2. The molecule has 0 radical (unpaired) electrons. The van der Waals surface area contributed by atoms with Crippen LogP contribution < -0.4 is 5.32 Å². The molecule has 0 aliphatic rings. The van der Waals surface area contributed by atoms with Crippen molar-refractivity contribution in [2.45, 2.75) is 32.2 Å². The molecule has 0 heterocycles. The normalized spacial score (nSPS) is 10.3. The molecule has 0 fully saturated rings. The highest BCUT2D eigenvalue weighted by atomic mass is 16.3. The van der Waals surface area contributed by atoms with Crippen molar-refractivity contribution in [2.24, 2.45) is 0 Å². The largest absolute Gasteiger partial charge is 0.394 e. The van der Waals surface area contributed by atoms with Gasteiger partial charge < -0.3 is 15.5 Å². The van der Waals surface area contributed by atoms with Gasteiger partial charge in [-0.1, -0.05) is 13.3 Å². The minimum absolute atomic E-state index is 0.107. The fourth-order valence-corrected chi connectivity index (χ4v) is 0.786. The molecule has 0 aromatic heterocycles. The lowest BCUT2D eigenvalue weighted by molar-refractivity contribution is -0.122. The third-order valence-corrected chi connectivity index (χ3v) is 1.56. The number of nitrogens with one attached hydrogen (secondary N) is 1. The summed E-state index contributed by atoms with van der Waals surface area (Å²) < 4.78 is 0. The van der Waals surface area contributed by atoms with Crippen LogP contribution in [0.15, 0.2) is 0 Å².